The minimum atomic E-state index is -0.126. The first-order valence-corrected chi connectivity index (χ1v) is 17.4. The van der Waals surface area contributed by atoms with Crippen LogP contribution in [0.5, 0.6) is 0 Å². The minimum absolute atomic E-state index is 0. The van der Waals surface area contributed by atoms with Crippen LogP contribution in [0.3, 0.4) is 0 Å². The summed E-state index contributed by atoms with van der Waals surface area (Å²) in [6.45, 7) is 11.7. The highest BCUT2D eigenvalue weighted by atomic mass is 16.5. The molecule has 0 spiro atoms. The van der Waals surface area contributed by atoms with Crippen molar-refractivity contribution in [3.63, 3.8) is 0 Å². The Morgan fingerprint density at radius 3 is 2.06 bits per heavy atom. The van der Waals surface area contributed by atoms with E-state index in [1.807, 2.05) is 31.1 Å². The molecule has 7 heterocycles. The second-order valence-electron chi connectivity index (χ2n) is 12.4. The molecule has 1 N–H and O–H groups in total. The molecular formula is C39H49N9O3. The third-order valence-electron chi connectivity index (χ3n) is 9.00. The number of aromatic nitrogens is 6. The molecule has 1 atom stereocenters. The van der Waals surface area contributed by atoms with Gasteiger partial charge in [0.25, 0.3) is 5.56 Å². The SMILES string of the molecule is C.CC#CC.O=c1[nH]c(N2CCOCC2)nc2cnccc12.c1ccc(C[C@@H]2CCCN(c3nc(N4CCOCC4)nc4cnccc34)C2)cc1. The summed E-state index contributed by atoms with van der Waals surface area (Å²) in [5.41, 5.74) is 2.84. The third kappa shape index (κ3) is 9.78. The van der Waals surface area contributed by atoms with E-state index in [1.54, 1.807) is 18.5 Å². The van der Waals surface area contributed by atoms with E-state index in [4.69, 9.17) is 19.4 Å². The summed E-state index contributed by atoms with van der Waals surface area (Å²) >= 11 is 0. The normalized spacial score (nSPS) is 17.2. The fraction of sp³-hybridized carbons (Fsp3) is 0.436. The molecule has 1 aromatic carbocycles. The van der Waals surface area contributed by atoms with Gasteiger partial charge in [-0.2, -0.15) is 4.98 Å². The predicted molar refractivity (Wildman–Crippen MR) is 204 cm³/mol. The highest BCUT2D eigenvalue weighted by molar-refractivity contribution is 5.90. The average molecular weight is 692 g/mol. The lowest BCUT2D eigenvalue weighted by Gasteiger charge is -2.35. The van der Waals surface area contributed by atoms with Crippen LogP contribution in [0.15, 0.2) is 72.0 Å². The van der Waals surface area contributed by atoms with Gasteiger partial charge in [-0.15, -0.1) is 11.8 Å². The van der Waals surface area contributed by atoms with Crippen LogP contribution >= 0.6 is 0 Å². The number of hydrogen-bond donors (Lipinski definition) is 1. The Kier molecular flexibility index (Phi) is 13.7. The highest BCUT2D eigenvalue weighted by Crippen LogP contribution is 2.31. The van der Waals surface area contributed by atoms with Crippen LogP contribution in [-0.4, -0.2) is 95.6 Å². The number of hydrogen-bond acceptors (Lipinski definition) is 11. The highest BCUT2D eigenvalue weighted by Gasteiger charge is 2.25. The first-order valence-electron chi connectivity index (χ1n) is 17.4. The lowest BCUT2D eigenvalue weighted by Crippen LogP contribution is -2.39. The summed E-state index contributed by atoms with van der Waals surface area (Å²) in [5.74, 6) is 8.45. The maximum atomic E-state index is 11.9. The van der Waals surface area contributed by atoms with Crippen LogP contribution < -0.4 is 20.3 Å². The van der Waals surface area contributed by atoms with Crippen molar-refractivity contribution in [3.8, 4) is 11.8 Å². The van der Waals surface area contributed by atoms with Gasteiger partial charge in [0.2, 0.25) is 11.9 Å². The molecule has 12 heteroatoms. The zero-order chi connectivity index (χ0) is 34.5. The van der Waals surface area contributed by atoms with Crippen molar-refractivity contribution in [2.45, 2.75) is 40.5 Å². The smallest absolute Gasteiger partial charge is 0.260 e. The minimum Gasteiger partial charge on any atom is -0.378 e. The fourth-order valence-corrected chi connectivity index (χ4v) is 6.37. The van der Waals surface area contributed by atoms with Crippen molar-refractivity contribution in [2.75, 3.05) is 80.4 Å². The largest absolute Gasteiger partial charge is 0.378 e. The number of anilines is 3. The van der Waals surface area contributed by atoms with Crippen molar-refractivity contribution in [2.24, 2.45) is 5.92 Å². The molecule has 4 aromatic heterocycles. The van der Waals surface area contributed by atoms with E-state index in [1.165, 1.54) is 18.4 Å². The molecule has 0 amide bonds. The number of nitrogens with zero attached hydrogens (tertiary/aromatic N) is 8. The quantitative estimate of drug-likeness (QED) is 0.246. The lowest BCUT2D eigenvalue weighted by atomic mass is 9.91. The summed E-state index contributed by atoms with van der Waals surface area (Å²) in [5, 5.41) is 1.66. The molecule has 3 saturated heterocycles. The number of H-pyrrole nitrogens is 1. The second kappa shape index (κ2) is 18.8. The third-order valence-corrected chi connectivity index (χ3v) is 9.00. The van der Waals surface area contributed by atoms with Gasteiger partial charge in [0, 0.05) is 57.0 Å². The van der Waals surface area contributed by atoms with Crippen LogP contribution in [-0.2, 0) is 15.9 Å². The van der Waals surface area contributed by atoms with Gasteiger partial charge in [-0.1, -0.05) is 37.8 Å². The van der Waals surface area contributed by atoms with Crippen LogP contribution in [0.4, 0.5) is 17.7 Å². The number of morpholine rings is 2. The van der Waals surface area contributed by atoms with Crippen LogP contribution in [0, 0.1) is 17.8 Å². The maximum Gasteiger partial charge on any atom is 0.260 e. The molecule has 51 heavy (non-hydrogen) atoms. The lowest BCUT2D eigenvalue weighted by molar-refractivity contribution is 0.122. The molecule has 3 aliphatic rings. The Bertz CT molecular complexity index is 1940. The molecule has 0 saturated carbocycles. The van der Waals surface area contributed by atoms with Gasteiger partial charge in [0.15, 0.2) is 0 Å². The summed E-state index contributed by atoms with van der Waals surface area (Å²) in [6.07, 6.45) is 10.5. The van der Waals surface area contributed by atoms with Crippen LogP contribution in [0.25, 0.3) is 21.8 Å². The number of ether oxygens (including phenoxy) is 2. The summed E-state index contributed by atoms with van der Waals surface area (Å²) in [6, 6.07) is 14.6. The Balaban J connectivity index is 0.000000195. The van der Waals surface area contributed by atoms with E-state index in [9.17, 15) is 4.79 Å². The Hall–Kier alpha value is -5.12. The fourth-order valence-electron chi connectivity index (χ4n) is 6.37. The molecule has 3 fully saturated rings. The second-order valence-corrected chi connectivity index (χ2v) is 12.4. The Labute approximate surface area is 300 Å². The van der Waals surface area contributed by atoms with Crippen molar-refractivity contribution in [3.05, 3.63) is 83.2 Å². The summed E-state index contributed by atoms with van der Waals surface area (Å²) < 4.78 is 10.8. The molecule has 5 aromatic rings. The maximum absolute atomic E-state index is 11.9. The van der Waals surface area contributed by atoms with Gasteiger partial charge in [-0.05, 0) is 56.7 Å². The predicted octanol–water partition coefficient (Wildman–Crippen LogP) is 5.14. The zero-order valence-corrected chi connectivity index (χ0v) is 28.9. The van der Waals surface area contributed by atoms with Crippen LogP contribution in [0.1, 0.15) is 39.7 Å². The van der Waals surface area contributed by atoms with Crippen molar-refractivity contribution >= 4 is 39.5 Å². The molecular weight excluding hydrogens is 642 g/mol. The number of piperidine rings is 1. The van der Waals surface area contributed by atoms with Gasteiger partial charge in [0.05, 0.1) is 55.2 Å². The first-order chi connectivity index (χ1) is 24.6. The monoisotopic (exact) mass is 691 g/mol. The topological polar surface area (TPSA) is 125 Å². The van der Waals surface area contributed by atoms with Crippen LogP contribution in [0.2, 0.25) is 0 Å². The zero-order valence-electron chi connectivity index (χ0n) is 28.9. The van der Waals surface area contributed by atoms with Gasteiger partial charge >= 0.3 is 0 Å². The molecule has 0 bridgehead atoms. The number of benzene rings is 1. The van der Waals surface area contributed by atoms with E-state index in [0.29, 0.717) is 36.0 Å². The number of pyridine rings is 2. The molecule has 3 aliphatic heterocycles. The molecule has 268 valence electrons. The van der Waals surface area contributed by atoms with Gasteiger partial charge < -0.3 is 24.2 Å². The van der Waals surface area contributed by atoms with E-state index < -0.39 is 0 Å². The number of nitrogens with one attached hydrogen (secondary N) is 1. The standard InChI is InChI=1S/C23H27N5O.C11H12N4O2.C4H6.CH4/c1-2-5-18(6-3-1)15-19-7-4-10-28(17-19)22-20-8-9-24-16-21(20)25-23(26-22)27-11-13-29-14-12-27;16-10-8-1-2-12-7-9(8)13-11(14-10)15-3-5-17-6-4-15;1-3-4-2;/h1-3,5-6,8-9,16,19H,4,7,10-15,17H2;1-2,7H,3-6H2,(H,13,14,16);1-2H3;1H4/t19-;;;/m0.../s1. The molecule has 0 aliphatic carbocycles. The van der Waals surface area contributed by atoms with Gasteiger partial charge in [-0.25, -0.2) is 9.97 Å². The molecule has 8 rings (SSSR count). The van der Waals surface area contributed by atoms with Gasteiger partial charge in [-0.3, -0.25) is 19.7 Å². The first kappa shape index (κ1) is 37.1. The number of fused-ring (bicyclic) bond motifs is 2. The van der Waals surface area contributed by atoms with E-state index >= 15 is 0 Å². The molecule has 0 unspecified atom stereocenters. The van der Waals surface area contributed by atoms with Gasteiger partial charge in [0.1, 0.15) is 5.82 Å². The van der Waals surface area contributed by atoms with Crippen molar-refractivity contribution < 1.29 is 9.47 Å². The average Bonchev–Trinajstić information content (AvgIpc) is 3.19. The Morgan fingerprint density at radius 2 is 1.39 bits per heavy atom. The number of aromatic amines is 1. The Morgan fingerprint density at radius 1 is 0.765 bits per heavy atom. The van der Waals surface area contributed by atoms with E-state index in [0.717, 1.165) is 81.6 Å². The molecule has 0 radical (unpaired) electrons. The summed E-state index contributed by atoms with van der Waals surface area (Å²) in [7, 11) is 0. The molecule has 12 nitrogen and oxygen atoms in total. The van der Waals surface area contributed by atoms with Crippen molar-refractivity contribution in [1.82, 2.24) is 29.9 Å². The summed E-state index contributed by atoms with van der Waals surface area (Å²) in [4.78, 5) is 43.9. The van der Waals surface area contributed by atoms with E-state index in [2.05, 4.69) is 78.0 Å². The number of rotatable bonds is 5. The van der Waals surface area contributed by atoms with E-state index in [-0.39, 0.29) is 13.0 Å². The van der Waals surface area contributed by atoms with Crippen molar-refractivity contribution in [1.29, 1.82) is 0 Å².